The molecule has 1 aromatic rings. The Balaban J connectivity index is 1.85. The largest absolute Gasteiger partial charge is 0.390 e. The van der Waals surface area contributed by atoms with Crippen LogP contribution in [0, 0.1) is 0 Å². The maximum absolute atomic E-state index is 12.2. The van der Waals surface area contributed by atoms with Crippen LogP contribution in [0.3, 0.4) is 0 Å². The fourth-order valence-corrected chi connectivity index (χ4v) is 2.34. The van der Waals surface area contributed by atoms with Gasteiger partial charge in [0.1, 0.15) is 6.67 Å². The first-order valence-corrected chi connectivity index (χ1v) is 7.68. The Morgan fingerprint density at radius 2 is 2.09 bits per heavy atom. The molecule has 1 atom stereocenters. The Morgan fingerprint density at radius 1 is 1.36 bits per heavy atom. The Bertz CT molecular complexity index is 513. The molecule has 0 fully saturated rings. The molecule has 1 aliphatic heterocycles. The van der Waals surface area contributed by atoms with E-state index in [1.165, 1.54) is 5.56 Å². The topological polar surface area (TPSA) is 74.8 Å². The second-order valence-electron chi connectivity index (χ2n) is 5.29. The van der Waals surface area contributed by atoms with Crippen LogP contribution in [0.25, 0.3) is 0 Å². The minimum absolute atomic E-state index is 0.0571. The number of carbonyl (C=O) groups excluding carboxylic acids is 1. The van der Waals surface area contributed by atoms with Crippen LogP contribution in [0.5, 0.6) is 0 Å². The summed E-state index contributed by atoms with van der Waals surface area (Å²) in [6, 6.07) is 8.19. The van der Waals surface area contributed by atoms with Crippen LogP contribution in [-0.2, 0) is 22.5 Å². The minimum atomic E-state index is -0.271. The van der Waals surface area contributed by atoms with Crippen molar-refractivity contribution in [3.05, 3.63) is 35.4 Å². The van der Waals surface area contributed by atoms with E-state index in [1.54, 1.807) is 7.05 Å². The van der Waals surface area contributed by atoms with E-state index in [2.05, 4.69) is 52.3 Å². The van der Waals surface area contributed by atoms with Gasteiger partial charge in [0.15, 0.2) is 0 Å². The lowest BCUT2D eigenvalue weighted by molar-refractivity contribution is -0.122. The summed E-state index contributed by atoms with van der Waals surface area (Å²) in [5.41, 5.74) is 5.10. The first kappa shape index (κ1) is 16.5. The number of carbonyl (C=O) groups is 1. The highest BCUT2D eigenvalue weighted by Gasteiger charge is 2.18. The van der Waals surface area contributed by atoms with Crippen LogP contribution in [0.4, 0.5) is 0 Å². The summed E-state index contributed by atoms with van der Waals surface area (Å²) in [5, 5.41) is 5.89. The van der Waals surface area contributed by atoms with Gasteiger partial charge < -0.3 is 15.5 Å². The van der Waals surface area contributed by atoms with Crippen LogP contribution in [0.2, 0.25) is 0 Å². The summed E-state index contributed by atoms with van der Waals surface area (Å²) in [6.07, 6.45) is 2.88. The molecule has 2 rings (SSSR count). The zero-order chi connectivity index (χ0) is 15.8. The molecule has 1 heterocycles. The molecule has 1 amide bonds. The molecule has 6 heteroatoms. The van der Waals surface area contributed by atoms with Crippen LogP contribution < -0.4 is 16.1 Å². The van der Waals surface area contributed by atoms with Crippen molar-refractivity contribution in [2.75, 3.05) is 20.3 Å². The second kappa shape index (κ2) is 8.51. The third-order valence-electron chi connectivity index (χ3n) is 3.59. The molecule has 0 radical (unpaired) electrons. The molecule has 0 saturated carbocycles. The van der Waals surface area contributed by atoms with Gasteiger partial charge in [-0.05, 0) is 31.0 Å². The molecule has 3 N–H and O–H groups in total. The van der Waals surface area contributed by atoms with E-state index < -0.39 is 0 Å². The van der Waals surface area contributed by atoms with Crippen LogP contribution in [0.15, 0.2) is 29.3 Å². The standard InChI is InChI=1S/C16H24N4O2/c1-3-4-12-5-7-13(8-6-12)9-14(17-2)16(21)18-10-15-19-11-20-22-15/h5-8,14,17,20H,3-4,9-11H2,1-2H3,(H,18,21). The van der Waals surface area contributed by atoms with E-state index >= 15 is 0 Å². The number of amides is 1. The molecule has 120 valence electrons. The Morgan fingerprint density at radius 3 is 2.68 bits per heavy atom. The number of nitrogens with zero attached hydrogens (tertiary/aromatic N) is 1. The number of hydroxylamine groups is 1. The number of aliphatic imine (C=N–C) groups is 1. The SMILES string of the molecule is CCCc1ccc(CC(NC)C(=O)NCC2=NCNO2)cc1. The quantitative estimate of drug-likeness (QED) is 0.663. The molecular weight excluding hydrogens is 280 g/mol. The van der Waals surface area contributed by atoms with Gasteiger partial charge in [0.05, 0.1) is 12.6 Å². The van der Waals surface area contributed by atoms with Gasteiger partial charge >= 0.3 is 0 Å². The molecule has 0 spiro atoms. The van der Waals surface area contributed by atoms with Gasteiger partial charge in [-0.15, -0.1) is 5.48 Å². The monoisotopic (exact) mass is 304 g/mol. The molecule has 1 aromatic carbocycles. The highest BCUT2D eigenvalue weighted by molar-refractivity contribution is 5.87. The normalized spacial score (nSPS) is 15.1. The van der Waals surface area contributed by atoms with E-state index in [1.807, 2.05) is 0 Å². The number of nitrogens with one attached hydrogen (secondary N) is 3. The number of hydrogen-bond donors (Lipinski definition) is 3. The smallest absolute Gasteiger partial charge is 0.237 e. The van der Waals surface area contributed by atoms with Crippen molar-refractivity contribution in [3.8, 4) is 0 Å². The summed E-state index contributed by atoms with van der Waals surface area (Å²) < 4.78 is 0. The zero-order valence-corrected chi connectivity index (χ0v) is 13.2. The van der Waals surface area contributed by atoms with Crippen molar-refractivity contribution < 1.29 is 9.63 Å². The van der Waals surface area contributed by atoms with E-state index in [9.17, 15) is 4.79 Å². The Hall–Kier alpha value is -1.92. The summed E-state index contributed by atoms with van der Waals surface area (Å²) >= 11 is 0. The maximum Gasteiger partial charge on any atom is 0.237 e. The van der Waals surface area contributed by atoms with Crippen molar-refractivity contribution in [1.29, 1.82) is 0 Å². The lowest BCUT2D eigenvalue weighted by Crippen LogP contribution is -2.45. The molecule has 1 unspecified atom stereocenters. The number of likely N-dealkylation sites (N-methyl/N-ethyl adjacent to an activating group) is 1. The maximum atomic E-state index is 12.2. The zero-order valence-electron chi connectivity index (χ0n) is 13.2. The van der Waals surface area contributed by atoms with Crippen molar-refractivity contribution in [2.24, 2.45) is 4.99 Å². The molecule has 0 aromatic heterocycles. The van der Waals surface area contributed by atoms with Crippen molar-refractivity contribution >= 4 is 11.8 Å². The lowest BCUT2D eigenvalue weighted by Gasteiger charge is -2.16. The molecule has 0 bridgehead atoms. The first-order valence-electron chi connectivity index (χ1n) is 7.68. The summed E-state index contributed by atoms with van der Waals surface area (Å²) in [7, 11) is 1.79. The summed E-state index contributed by atoms with van der Waals surface area (Å²) in [5.74, 6) is 0.449. The highest BCUT2D eigenvalue weighted by Crippen LogP contribution is 2.09. The van der Waals surface area contributed by atoms with Gasteiger partial charge in [-0.3, -0.25) is 4.79 Å². The van der Waals surface area contributed by atoms with Crippen molar-refractivity contribution in [1.82, 2.24) is 16.1 Å². The Kier molecular flexibility index (Phi) is 6.36. The fourth-order valence-electron chi connectivity index (χ4n) is 2.34. The second-order valence-corrected chi connectivity index (χ2v) is 5.29. The number of aryl methyl sites for hydroxylation is 1. The van der Waals surface area contributed by atoms with Crippen molar-refractivity contribution in [3.63, 3.8) is 0 Å². The molecule has 6 nitrogen and oxygen atoms in total. The molecule has 22 heavy (non-hydrogen) atoms. The first-order chi connectivity index (χ1) is 10.7. The molecule has 0 aliphatic carbocycles. The number of hydrogen-bond acceptors (Lipinski definition) is 5. The van der Waals surface area contributed by atoms with E-state index in [-0.39, 0.29) is 11.9 Å². The van der Waals surface area contributed by atoms with E-state index in [0.29, 0.717) is 25.5 Å². The van der Waals surface area contributed by atoms with Gasteiger partial charge in [0.25, 0.3) is 0 Å². The van der Waals surface area contributed by atoms with Crippen LogP contribution in [0.1, 0.15) is 24.5 Å². The molecule has 1 aliphatic rings. The predicted octanol–water partition coefficient (Wildman–Crippen LogP) is 0.777. The molecular formula is C16H24N4O2. The third kappa shape index (κ3) is 4.82. The Labute approximate surface area is 131 Å². The van der Waals surface area contributed by atoms with Crippen molar-refractivity contribution in [2.45, 2.75) is 32.2 Å². The lowest BCUT2D eigenvalue weighted by atomic mass is 10.0. The number of rotatable bonds is 8. The third-order valence-corrected chi connectivity index (χ3v) is 3.59. The average molecular weight is 304 g/mol. The fraction of sp³-hybridized carbons (Fsp3) is 0.500. The van der Waals surface area contributed by atoms with Gasteiger partial charge in [0, 0.05) is 0 Å². The highest BCUT2D eigenvalue weighted by atomic mass is 16.7. The van der Waals surface area contributed by atoms with Crippen LogP contribution >= 0.6 is 0 Å². The van der Waals surface area contributed by atoms with Crippen LogP contribution in [-0.4, -0.2) is 38.1 Å². The average Bonchev–Trinajstić information content (AvgIpc) is 3.05. The van der Waals surface area contributed by atoms with Gasteiger partial charge in [-0.2, -0.15) is 0 Å². The number of benzene rings is 1. The van der Waals surface area contributed by atoms with Gasteiger partial charge in [-0.1, -0.05) is 37.6 Å². The van der Waals surface area contributed by atoms with E-state index in [4.69, 9.17) is 4.84 Å². The molecule has 0 saturated heterocycles. The summed E-state index contributed by atoms with van der Waals surface area (Å²) in [6.45, 7) is 2.91. The minimum Gasteiger partial charge on any atom is -0.390 e. The summed E-state index contributed by atoms with van der Waals surface area (Å²) in [4.78, 5) is 21.3. The van der Waals surface area contributed by atoms with Gasteiger partial charge in [-0.25, -0.2) is 4.99 Å². The van der Waals surface area contributed by atoms with Gasteiger partial charge in [0.2, 0.25) is 11.8 Å². The predicted molar refractivity (Wildman–Crippen MR) is 86.5 cm³/mol. The van der Waals surface area contributed by atoms with E-state index in [0.717, 1.165) is 18.4 Å².